The van der Waals surface area contributed by atoms with E-state index in [1.807, 2.05) is 13.8 Å². The van der Waals surface area contributed by atoms with Crippen molar-refractivity contribution in [3.05, 3.63) is 65.7 Å². The van der Waals surface area contributed by atoms with Crippen molar-refractivity contribution in [3.8, 4) is 0 Å². The van der Waals surface area contributed by atoms with Crippen LogP contribution in [0.1, 0.15) is 32.8 Å². The number of amides is 2. The maximum absolute atomic E-state index is 14.6. The Hall–Kier alpha value is -3.05. The Morgan fingerprint density at radius 3 is 2.14 bits per heavy atom. The van der Waals surface area contributed by atoms with E-state index in [9.17, 15) is 26.8 Å². The summed E-state index contributed by atoms with van der Waals surface area (Å²) >= 11 is 0. The number of nitrogens with zero attached hydrogens (tertiary/aromatic N) is 3. The van der Waals surface area contributed by atoms with E-state index in [4.69, 9.17) is 0 Å². The molecule has 0 spiro atoms. The molecule has 192 valence electrons. The first kappa shape index (κ1) is 28.2. The van der Waals surface area contributed by atoms with E-state index in [1.165, 1.54) is 68.4 Å². The third-order valence-electron chi connectivity index (χ3n) is 5.57. The zero-order chi connectivity index (χ0) is 26.3. The molecule has 2 atom stereocenters. The van der Waals surface area contributed by atoms with Gasteiger partial charge in [0.15, 0.2) is 0 Å². The Morgan fingerprint density at radius 1 is 1.00 bits per heavy atom. The summed E-state index contributed by atoms with van der Waals surface area (Å²) in [6.07, 6.45) is 0.673. The number of halogens is 2. The maximum Gasteiger partial charge on any atom is 0.304 e. The first-order valence-electron chi connectivity index (χ1n) is 11.2. The monoisotopic (exact) mass is 510 g/mol. The van der Waals surface area contributed by atoms with Crippen molar-refractivity contribution in [1.82, 2.24) is 14.5 Å². The number of benzene rings is 2. The van der Waals surface area contributed by atoms with Gasteiger partial charge in [-0.3, -0.25) is 9.59 Å². The Balaban J connectivity index is 2.46. The third-order valence-corrected chi connectivity index (χ3v) is 7.38. The van der Waals surface area contributed by atoms with Crippen molar-refractivity contribution in [1.29, 1.82) is 0 Å². The summed E-state index contributed by atoms with van der Waals surface area (Å²) in [5, 5.41) is 2.81. The molecule has 11 heteroatoms. The molecule has 0 bridgehead atoms. The highest BCUT2D eigenvalue weighted by Gasteiger charge is 2.33. The third kappa shape index (κ3) is 7.22. The van der Waals surface area contributed by atoms with Crippen LogP contribution in [0.15, 0.2) is 48.5 Å². The number of rotatable bonds is 11. The number of carbonyl (C=O) groups excluding carboxylic acids is 2. The first-order valence-corrected chi connectivity index (χ1v) is 12.6. The van der Waals surface area contributed by atoms with E-state index in [0.717, 1.165) is 10.4 Å². The maximum atomic E-state index is 14.6. The van der Waals surface area contributed by atoms with E-state index in [1.54, 1.807) is 0 Å². The van der Waals surface area contributed by atoms with Gasteiger partial charge < -0.3 is 10.2 Å². The average Bonchev–Trinajstić information content (AvgIpc) is 2.81. The van der Waals surface area contributed by atoms with Crippen LogP contribution in [0, 0.1) is 11.6 Å². The molecule has 2 rings (SSSR count). The van der Waals surface area contributed by atoms with E-state index in [2.05, 4.69) is 5.32 Å². The predicted molar refractivity (Wildman–Crippen MR) is 131 cm³/mol. The van der Waals surface area contributed by atoms with Gasteiger partial charge in [0.25, 0.3) is 0 Å². The van der Waals surface area contributed by atoms with Crippen molar-refractivity contribution < 1.29 is 26.8 Å². The van der Waals surface area contributed by atoms with Gasteiger partial charge in [-0.1, -0.05) is 31.2 Å². The fraction of sp³-hybridized carbons (Fsp3) is 0.417. The van der Waals surface area contributed by atoms with Crippen LogP contribution in [0.5, 0.6) is 0 Å². The summed E-state index contributed by atoms with van der Waals surface area (Å²) in [4.78, 5) is 27.6. The first-order chi connectivity index (χ1) is 16.4. The Bertz CT molecular complexity index is 1130. The summed E-state index contributed by atoms with van der Waals surface area (Å²) < 4.78 is 55.6. The topological polar surface area (TPSA) is 90.0 Å². The molecule has 2 amide bonds. The second kappa shape index (κ2) is 12.1. The smallest absolute Gasteiger partial charge is 0.304 e. The van der Waals surface area contributed by atoms with Crippen LogP contribution in [0.2, 0.25) is 0 Å². The average molecular weight is 511 g/mol. The van der Waals surface area contributed by atoms with Gasteiger partial charge in [0, 0.05) is 26.7 Å². The molecule has 0 aromatic heterocycles. The Kier molecular flexibility index (Phi) is 9.73. The largest absolute Gasteiger partial charge is 0.352 e. The molecule has 0 fully saturated rings. The minimum atomic E-state index is -4.26. The van der Waals surface area contributed by atoms with Crippen LogP contribution in [0.25, 0.3) is 0 Å². The highest BCUT2D eigenvalue weighted by Crippen LogP contribution is 2.24. The van der Waals surface area contributed by atoms with E-state index >= 15 is 0 Å². The quantitative estimate of drug-likeness (QED) is 0.503. The highest BCUT2D eigenvalue weighted by atomic mass is 32.2. The molecule has 0 saturated heterocycles. The number of para-hydroxylation sites is 1. The summed E-state index contributed by atoms with van der Waals surface area (Å²) in [6.45, 7) is 4.41. The van der Waals surface area contributed by atoms with Crippen LogP contribution in [0.4, 0.5) is 14.5 Å². The summed E-state index contributed by atoms with van der Waals surface area (Å²) in [6, 6.07) is 9.49. The van der Waals surface area contributed by atoms with Crippen LogP contribution in [0.3, 0.4) is 0 Å². The van der Waals surface area contributed by atoms with E-state index < -0.39 is 46.2 Å². The van der Waals surface area contributed by atoms with Gasteiger partial charge in [0.1, 0.15) is 24.2 Å². The van der Waals surface area contributed by atoms with Crippen molar-refractivity contribution in [2.24, 2.45) is 0 Å². The molecular weight excluding hydrogens is 478 g/mol. The van der Waals surface area contributed by atoms with Crippen LogP contribution >= 0.6 is 0 Å². The number of nitrogens with one attached hydrogen (secondary N) is 1. The van der Waals surface area contributed by atoms with E-state index in [-0.39, 0.29) is 18.3 Å². The molecule has 0 radical (unpaired) electrons. The second-order valence-corrected chi connectivity index (χ2v) is 10.5. The lowest BCUT2D eigenvalue weighted by Gasteiger charge is -2.33. The van der Waals surface area contributed by atoms with Crippen LogP contribution in [-0.2, 0) is 26.3 Å². The zero-order valence-electron chi connectivity index (χ0n) is 20.5. The van der Waals surface area contributed by atoms with Gasteiger partial charge in [0.05, 0.1) is 5.69 Å². The van der Waals surface area contributed by atoms with Crippen LogP contribution in [-0.4, -0.2) is 62.2 Å². The molecule has 0 aliphatic heterocycles. The van der Waals surface area contributed by atoms with Gasteiger partial charge in [0.2, 0.25) is 11.8 Å². The van der Waals surface area contributed by atoms with Crippen molar-refractivity contribution in [3.63, 3.8) is 0 Å². The Labute approximate surface area is 205 Å². The molecule has 0 unspecified atom stereocenters. The number of anilines is 1. The van der Waals surface area contributed by atoms with Gasteiger partial charge in [-0.25, -0.2) is 13.1 Å². The molecular formula is C24H32F2N4O4S. The Morgan fingerprint density at radius 2 is 1.60 bits per heavy atom. The number of hydrogen-bond acceptors (Lipinski definition) is 4. The van der Waals surface area contributed by atoms with Gasteiger partial charge in [-0.05, 0) is 50.1 Å². The summed E-state index contributed by atoms with van der Waals surface area (Å²) in [5.41, 5.74) is 0.240. The molecule has 2 aromatic rings. The molecule has 0 saturated carbocycles. The zero-order valence-corrected chi connectivity index (χ0v) is 21.4. The minimum Gasteiger partial charge on any atom is -0.352 e. The van der Waals surface area contributed by atoms with Crippen molar-refractivity contribution in [2.75, 3.05) is 24.9 Å². The molecule has 0 aliphatic carbocycles. The highest BCUT2D eigenvalue weighted by molar-refractivity contribution is 7.90. The van der Waals surface area contributed by atoms with Gasteiger partial charge in [-0.15, -0.1) is 0 Å². The lowest BCUT2D eigenvalue weighted by atomic mass is 10.1. The second-order valence-electron chi connectivity index (χ2n) is 8.39. The SMILES string of the molecule is CC[C@H](C)NC(=O)[C@H](C)N(Cc1ccc(F)cc1)C(=O)CN(c1ccccc1F)S(=O)(=O)N(C)C. The fourth-order valence-electron chi connectivity index (χ4n) is 3.19. The molecule has 1 N–H and O–H groups in total. The van der Waals surface area contributed by atoms with Crippen LogP contribution < -0.4 is 9.62 Å². The standard InChI is InChI=1S/C24H32F2N4O4S/c1-6-17(2)27-24(32)18(3)29(15-19-11-13-20(25)14-12-19)23(31)16-30(35(33,34)28(4)5)22-10-8-7-9-21(22)26/h7-14,17-18H,6,15-16H2,1-5H3,(H,27,32)/t17-,18-/m0/s1. The molecule has 2 aromatic carbocycles. The van der Waals surface area contributed by atoms with Gasteiger partial charge in [-0.2, -0.15) is 12.7 Å². The lowest BCUT2D eigenvalue weighted by molar-refractivity contribution is -0.139. The molecule has 0 heterocycles. The normalized spacial score (nSPS) is 13.3. The molecule has 8 nitrogen and oxygen atoms in total. The van der Waals surface area contributed by atoms with Crippen molar-refractivity contribution >= 4 is 27.7 Å². The summed E-state index contributed by atoms with van der Waals surface area (Å²) in [5.74, 6) is -2.44. The van der Waals surface area contributed by atoms with Crippen molar-refractivity contribution in [2.45, 2.75) is 45.8 Å². The fourth-order valence-corrected chi connectivity index (χ4v) is 4.25. The predicted octanol–water partition coefficient (Wildman–Crippen LogP) is 2.91. The summed E-state index contributed by atoms with van der Waals surface area (Å²) in [7, 11) is -1.72. The number of carbonyl (C=O) groups is 2. The molecule has 35 heavy (non-hydrogen) atoms. The van der Waals surface area contributed by atoms with E-state index in [0.29, 0.717) is 16.3 Å². The lowest BCUT2D eigenvalue weighted by Crippen LogP contribution is -2.53. The molecule has 0 aliphatic rings. The minimum absolute atomic E-state index is 0.0820. The van der Waals surface area contributed by atoms with Gasteiger partial charge >= 0.3 is 10.2 Å². The number of hydrogen-bond donors (Lipinski definition) is 1.